The highest BCUT2D eigenvalue weighted by Crippen LogP contribution is 2.33. The Kier molecular flexibility index (Phi) is 3.28. The fourth-order valence-corrected chi connectivity index (χ4v) is 4.27. The number of hydrogen-bond donors (Lipinski definition) is 0. The van der Waals surface area contributed by atoms with Crippen molar-refractivity contribution in [1.82, 2.24) is 4.90 Å². The molecule has 106 valence electrons. The number of rotatable bonds is 4. The van der Waals surface area contributed by atoms with Gasteiger partial charge in [-0.3, -0.25) is 4.79 Å². The zero-order valence-electron chi connectivity index (χ0n) is 11.5. The van der Waals surface area contributed by atoms with E-state index in [4.69, 9.17) is 0 Å². The molecule has 1 fully saturated rings. The van der Waals surface area contributed by atoms with Crippen LogP contribution < -0.4 is 0 Å². The summed E-state index contributed by atoms with van der Waals surface area (Å²) in [7, 11) is 0. The van der Waals surface area contributed by atoms with E-state index >= 15 is 0 Å². The lowest BCUT2D eigenvalue weighted by Crippen LogP contribution is -2.31. The Bertz CT molecular complexity index is 738. The van der Waals surface area contributed by atoms with E-state index in [0.29, 0.717) is 6.04 Å². The molecule has 4 rings (SSSR count). The van der Waals surface area contributed by atoms with Gasteiger partial charge >= 0.3 is 0 Å². The smallest absolute Gasteiger partial charge is 0.264 e. The largest absolute Gasteiger partial charge is 0.330 e. The van der Waals surface area contributed by atoms with E-state index in [2.05, 4.69) is 34.5 Å². The van der Waals surface area contributed by atoms with Crippen LogP contribution >= 0.6 is 22.7 Å². The van der Waals surface area contributed by atoms with Crippen molar-refractivity contribution in [3.8, 4) is 0 Å². The maximum atomic E-state index is 12.9. The Labute approximate surface area is 131 Å². The Hall–Kier alpha value is -1.65. The van der Waals surface area contributed by atoms with Crippen molar-refractivity contribution in [2.75, 3.05) is 0 Å². The van der Waals surface area contributed by atoms with E-state index in [0.717, 1.165) is 29.6 Å². The molecular formula is C17H15NOS2. The van der Waals surface area contributed by atoms with Gasteiger partial charge in [0.15, 0.2) is 0 Å². The third-order valence-corrected chi connectivity index (χ3v) is 5.76. The lowest BCUT2D eigenvalue weighted by molar-refractivity contribution is 0.0736. The monoisotopic (exact) mass is 313 g/mol. The fourth-order valence-electron chi connectivity index (χ4n) is 2.55. The second-order valence-electron chi connectivity index (χ2n) is 5.39. The molecule has 21 heavy (non-hydrogen) atoms. The molecule has 0 unspecified atom stereocenters. The average Bonchev–Trinajstić information content (AvgIpc) is 3.04. The first kappa shape index (κ1) is 13.0. The number of thiophene rings is 2. The van der Waals surface area contributed by atoms with E-state index in [9.17, 15) is 4.79 Å². The summed E-state index contributed by atoms with van der Waals surface area (Å²) in [5.41, 5.74) is 0. The van der Waals surface area contributed by atoms with Crippen molar-refractivity contribution in [2.45, 2.75) is 25.4 Å². The maximum Gasteiger partial charge on any atom is 0.264 e. The molecule has 2 nitrogen and oxygen atoms in total. The Morgan fingerprint density at radius 1 is 1.19 bits per heavy atom. The van der Waals surface area contributed by atoms with Crippen LogP contribution in [-0.4, -0.2) is 16.8 Å². The summed E-state index contributed by atoms with van der Waals surface area (Å²) in [4.78, 5) is 17.0. The van der Waals surface area contributed by atoms with Crippen LogP contribution in [0, 0.1) is 0 Å². The van der Waals surface area contributed by atoms with Crippen LogP contribution in [0.15, 0.2) is 47.8 Å². The highest BCUT2D eigenvalue weighted by Gasteiger charge is 2.33. The number of carbonyl (C=O) groups is 1. The van der Waals surface area contributed by atoms with Crippen LogP contribution in [0.4, 0.5) is 0 Å². The summed E-state index contributed by atoms with van der Waals surface area (Å²) in [6.45, 7) is 0.745. The zero-order chi connectivity index (χ0) is 14.2. The summed E-state index contributed by atoms with van der Waals surface area (Å²) in [6.07, 6.45) is 2.28. The predicted molar refractivity (Wildman–Crippen MR) is 89.0 cm³/mol. The van der Waals surface area contributed by atoms with E-state index in [1.165, 1.54) is 9.58 Å². The fraction of sp³-hybridized carbons (Fsp3) is 0.235. The molecule has 3 aromatic rings. The van der Waals surface area contributed by atoms with Gasteiger partial charge in [0.1, 0.15) is 0 Å². The number of carbonyl (C=O) groups excluding carboxylic acids is 1. The van der Waals surface area contributed by atoms with Crippen LogP contribution in [0.25, 0.3) is 10.1 Å². The zero-order valence-corrected chi connectivity index (χ0v) is 13.1. The molecule has 4 heteroatoms. The van der Waals surface area contributed by atoms with Gasteiger partial charge in [-0.15, -0.1) is 22.7 Å². The van der Waals surface area contributed by atoms with Gasteiger partial charge in [-0.1, -0.05) is 24.3 Å². The summed E-state index contributed by atoms with van der Waals surface area (Å²) in [5.74, 6) is 0.187. The van der Waals surface area contributed by atoms with Gasteiger partial charge in [-0.05, 0) is 41.8 Å². The molecule has 0 spiro atoms. The van der Waals surface area contributed by atoms with Crippen molar-refractivity contribution < 1.29 is 4.79 Å². The third-order valence-electron chi connectivity index (χ3n) is 3.79. The molecule has 0 saturated heterocycles. The molecule has 0 N–H and O–H groups in total. The number of fused-ring (bicyclic) bond motifs is 1. The van der Waals surface area contributed by atoms with Crippen molar-refractivity contribution in [2.24, 2.45) is 0 Å². The molecule has 1 aliphatic rings. The molecule has 1 aliphatic carbocycles. The van der Waals surface area contributed by atoms with Gasteiger partial charge in [0.2, 0.25) is 0 Å². The van der Waals surface area contributed by atoms with Gasteiger partial charge in [-0.25, -0.2) is 0 Å². The van der Waals surface area contributed by atoms with Crippen molar-refractivity contribution in [3.05, 3.63) is 57.6 Å². The first-order valence-electron chi connectivity index (χ1n) is 7.13. The van der Waals surface area contributed by atoms with Gasteiger partial charge in [0.25, 0.3) is 5.91 Å². The SMILES string of the molecule is O=C(c1cc2ccccc2s1)N(Cc1cccs1)C1CC1. The van der Waals surface area contributed by atoms with Crippen LogP contribution in [0.1, 0.15) is 27.4 Å². The van der Waals surface area contributed by atoms with Crippen LogP contribution in [0.5, 0.6) is 0 Å². The lowest BCUT2D eigenvalue weighted by Gasteiger charge is -2.20. The maximum absolute atomic E-state index is 12.9. The highest BCUT2D eigenvalue weighted by molar-refractivity contribution is 7.20. The minimum absolute atomic E-state index is 0.187. The molecule has 0 radical (unpaired) electrons. The first-order valence-corrected chi connectivity index (χ1v) is 8.83. The molecule has 1 saturated carbocycles. The molecular weight excluding hydrogens is 298 g/mol. The number of benzene rings is 1. The molecule has 2 heterocycles. The van der Waals surface area contributed by atoms with Crippen molar-refractivity contribution in [3.63, 3.8) is 0 Å². The second kappa shape index (κ2) is 5.28. The normalized spacial score (nSPS) is 14.5. The summed E-state index contributed by atoms with van der Waals surface area (Å²) >= 11 is 3.33. The molecule has 0 aliphatic heterocycles. The van der Waals surface area contributed by atoms with E-state index in [-0.39, 0.29) is 5.91 Å². The summed E-state index contributed by atoms with van der Waals surface area (Å²) in [5, 5.41) is 3.24. The van der Waals surface area contributed by atoms with Crippen molar-refractivity contribution in [1.29, 1.82) is 0 Å². The predicted octanol–water partition coefficient (Wildman–Crippen LogP) is 4.77. The third kappa shape index (κ3) is 2.61. The average molecular weight is 313 g/mol. The van der Waals surface area contributed by atoms with Crippen LogP contribution in [0.2, 0.25) is 0 Å². The van der Waals surface area contributed by atoms with E-state index in [1.54, 1.807) is 22.7 Å². The Balaban J connectivity index is 1.64. The first-order chi connectivity index (χ1) is 10.3. The molecule has 0 bridgehead atoms. The van der Waals surface area contributed by atoms with E-state index < -0.39 is 0 Å². The summed E-state index contributed by atoms with van der Waals surface area (Å²) < 4.78 is 1.19. The van der Waals surface area contributed by atoms with Crippen LogP contribution in [0.3, 0.4) is 0 Å². The second-order valence-corrected chi connectivity index (χ2v) is 7.51. The molecule has 0 atom stereocenters. The minimum atomic E-state index is 0.187. The van der Waals surface area contributed by atoms with Gasteiger partial charge in [-0.2, -0.15) is 0 Å². The summed E-state index contributed by atoms with van der Waals surface area (Å²) in [6, 6.07) is 14.8. The lowest BCUT2D eigenvalue weighted by atomic mass is 10.2. The number of nitrogens with zero attached hydrogens (tertiary/aromatic N) is 1. The molecule has 2 aromatic heterocycles. The highest BCUT2D eigenvalue weighted by atomic mass is 32.1. The van der Waals surface area contributed by atoms with Crippen LogP contribution in [-0.2, 0) is 6.54 Å². The molecule has 1 amide bonds. The topological polar surface area (TPSA) is 20.3 Å². The minimum Gasteiger partial charge on any atom is -0.330 e. The van der Waals surface area contributed by atoms with Gasteiger partial charge in [0.05, 0.1) is 11.4 Å². The Morgan fingerprint density at radius 3 is 2.76 bits per heavy atom. The molecule has 1 aromatic carbocycles. The number of hydrogen-bond acceptors (Lipinski definition) is 3. The Morgan fingerprint density at radius 2 is 2.05 bits per heavy atom. The van der Waals surface area contributed by atoms with E-state index in [1.807, 2.05) is 18.2 Å². The van der Waals surface area contributed by atoms with Gasteiger partial charge < -0.3 is 4.90 Å². The van der Waals surface area contributed by atoms with Crippen molar-refractivity contribution >= 4 is 38.7 Å². The van der Waals surface area contributed by atoms with Gasteiger partial charge in [0, 0.05) is 15.6 Å². The number of amides is 1. The quantitative estimate of drug-likeness (QED) is 0.679. The standard InChI is InChI=1S/C17H15NOS2/c19-17(16-10-12-4-1-2-6-15(12)21-16)18(13-7-8-13)11-14-5-3-9-20-14/h1-6,9-10,13H,7-8,11H2.